The van der Waals surface area contributed by atoms with Crippen molar-refractivity contribution in [1.82, 2.24) is 14.8 Å². The highest BCUT2D eigenvalue weighted by molar-refractivity contribution is 5.86. The van der Waals surface area contributed by atoms with Gasteiger partial charge >= 0.3 is 0 Å². The summed E-state index contributed by atoms with van der Waals surface area (Å²) in [6.07, 6.45) is 7.00. The average Bonchev–Trinajstić information content (AvgIpc) is 3.09. The summed E-state index contributed by atoms with van der Waals surface area (Å²) in [6, 6.07) is 4.08. The fourth-order valence-electron chi connectivity index (χ4n) is 3.12. The van der Waals surface area contributed by atoms with E-state index in [1.54, 1.807) is 17.3 Å². The predicted octanol–water partition coefficient (Wildman–Crippen LogP) is 1.37. The number of carbonyl (C=O) groups is 2. The van der Waals surface area contributed by atoms with Gasteiger partial charge in [-0.05, 0) is 37.0 Å². The van der Waals surface area contributed by atoms with E-state index >= 15 is 0 Å². The van der Waals surface area contributed by atoms with Crippen LogP contribution in [0.2, 0.25) is 0 Å². The maximum absolute atomic E-state index is 12.4. The van der Waals surface area contributed by atoms with Crippen LogP contribution in [0.25, 0.3) is 0 Å². The van der Waals surface area contributed by atoms with Gasteiger partial charge in [0.2, 0.25) is 11.8 Å². The zero-order valence-corrected chi connectivity index (χ0v) is 11.5. The number of hydrogen-bond donors (Lipinski definition) is 0. The molecule has 2 amide bonds. The van der Waals surface area contributed by atoms with Crippen LogP contribution in [0, 0.1) is 0 Å². The Bertz CT molecular complexity index is 503. The van der Waals surface area contributed by atoms with Crippen LogP contribution >= 0.6 is 0 Å². The Morgan fingerprint density at radius 2 is 2.05 bits per heavy atom. The molecule has 2 saturated heterocycles. The van der Waals surface area contributed by atoms with Gasteiger partial charge in [-0.15, -0.1) is 0 Å². The van der Waals surface area contributed by atoms with E-state index in [2.05, 4.69) is 4.98 Å². The van der Waals surface area contributed by atoms with E-state index in [0.29, 0.717) is 6.42 Å². The fraction of sp³-hybridized carbons (Fsp3) is 0.533. The molecule has 1 aromatic rings. The first-order valence-corrected chi connectivity index (χ1v) is 7.23. The van der Waals surface area contributed by atoms with Crippen molar-refractivity contribution in [3.05, 3.63) is 30.1 Å². The van der Waals surface area contributed by atoms with Crippen molar-refractivity contribution in [3.8, 4) is 0 Å². The van der Waals surface area contributed by atoms with Crippen LogP contribution in [-0.4, -0.2) is 46.2 Å². The molecule has 1 unspecified atom stereocenters. The van der Waals surface area contributed by atoms with Gasteiger partial charge in [-0.25, -0.2) is 0 Å². The third-order valence-electron chi connectivity index (χ3n) is 4.16. The standard InChI is InChI=1S/C15H19N3O2/c19-14-4-2-9-17(14)11-15(20)18-10-1-3-13(18)12-5-7-16-8-6-12/h5-8,13H,1-4,9-11H2. The molecule has 0 radical (unpaired) electrons. The van der Waals surface area contributed by atoms with E-state index in [1.165, 1.54) is 0 Å². The normalized spacial score (nSPS) is 22.6. The lowest BCUT2D eigenvalue weighted by atomic mass is 10.1. The summed E-state index contributed by atoms with van der Waals surface area (Å²) < 4.78 is 0. The molecule has 0 spiro atoms. The molecule has 106 valence electrons. The van der Waals surface area contributed by atoms with E-state index < -0.39 is 0 Å². The van der Waals surface area contributed by atoms with Crippen molar-refractivity contribution in [2.45, 2.75) is 31.7 Å². The van der Waals surface area contributed by atoms with Gasteiger partial charge in [-0.1, -0.05) is 0 Å². The van der Waals surface area contributed by atoms with Crippen LogP contribution in [0.4, 0.5) is 0 Å². The molecule has 2 aliphatic heterocycles. The lowest BCUT2D eigenvalue weighted by molar-refractivity contribution is -0.139. The number of rotatable bonds is 3. The first kappa shape index (κ1) is 13.1. The number of amides is 2. The fourth-order valence-corrected chi connectivity index (χ4v) is 3.12. The average molecular weight is 273 g/mol. The van der Waals surface area contributed by atoms with Gasteiger partial charge in [-0.2, -0.15) is 0 Å². The zero-order valence-electron chi connectivity index (χ0n) is 11.5. The van der Waals surface area contributed by atoms with Gasteiger partial charge in [0.25, 0.3) is 0 Å². The monoisotopic (exact) mass is 273 g/mol. The molecule has 3 heterocycles. The molecule has 20 heavy (non-hydrogen) atoms. The summed E-state index contributed by atoms with van der Waals surface area (Å²) in [5, 5.41) is 0. The van der Waals surface area contributed by atoms with Gasteiger partial charge in [0.1, 0.15) is 0 Å². The van der Waals surface area contributed by atoms with E-state index in [1.807, 2.05) is 17.0 Å². The molecule has 2 aliphatic rings. The molecule has 3 rings (SSSR count). The summed E-state index contributed by atoms with van der Waals surface area (Å²) in [5.74, 6) is 0.178. The molecule has 0 aromatic carbocycles. The molecular weight excluding hydrogens is 254 g/mol. The summed E-state index contributed by atoms with van der Waals surface area (Å²) in [5.41, 5.74) is 1.14. The van der Waals surface area contributed by atoms with E-state index in [0.717, 1.165) is 37.9 Å². The highest BCUT2D eigenvalue weighted by Crippen LogP contribution is 2.31. The van der Waals surface area contributed by atoms with Gasteiger partial charge in [0, 0.05) is 31.9 Å². The topological polar surface area (TPSA) is 53.5 Å². The molecule has 5 heteroatoms. The number of carbonyl (C=O) groups excluding carboxylic acids is 2. The van der Waals surface area contributed by atoms with Crippen molar-refractivity contribution in [1.29, 1.82) is 0 Å². The minimum atomic E-state index is 0.0690. The van der Waals surface area contributed by atoms with Crippen molar-refractivity contribution in [3.63, 3.8) is 0 Å². The summed E-state index contributed by atoms with van der Waals surface area (Å²) in [7, 11) is 0. The maximum atomic E-state index is 12.4. The predicted molar refractivity (Wildman–Crippen MR) is 73.7 cm³/mol. The van der Waals surface area contributed by atoms with Crippen molar-refractivity contribution < 1.29 is 9.59 Å². The maximum Gasteiger partial charge on any atom is 0.242 e. The SMILES string of the molecule is O=C1CCCN1CC(=O)N1CCCC1c1ccncc1. The third-order valence-corrected chi connectivity index (χ3v) is 4.16. The van der Waals surface area contributed by atoms with Gasteiger partial charge in [-0.3, -0.25) is 14.6 Å². The minimum Gasteiger partial charge on any atom is -0.334 e. The lowest BCUT2D eigenvalue weighted by Crippen LogP contribution is -2.40. The van der Waals surface area contributed by atoms with Crippen LogP contribution < -0.4 is 0 Å². The molecule has 5 nitrogen and oxygen atoms in total. The van der Waals surface area contributed by atoms with Crippen LogP contribution in [0.1, 0.15) is 37.3 Å². The summed E-state index contributed by atoms with van der Waals surface area (Å²) in [4.78, 5) is 31.7. The Kier molecular flexibility index (Phi) is 3.67. The summed E-state index contributed by atoms with van der Waals surface area (Å²) in [6.45, 7) is 1.74. The van der Waals surface area contributed by atoms with Crippen molar-refractivity contribution >= 4 is 11.8 Å². The van der Waals surface area contributed by atoms with Crippen molar-refractivity contribution in [2.75, 3.05) is 19.6 Å². The number of pyridine rings is 1. The Balaban J connectivity index is 1.69. The highest BCUT2D eigenvalue weighted by atomic mass is 16.2. The van der Waals surface area contributed by atoms with Crippen LogP contribution in [-0.2, 0) is 9.59 Å². The molecule has 1 aromatic heterocycles. The van der Waals surface area contributed by atoms with Gasteiger partial charge in [0.15, 0.2) is 0 Å². The number of hydrogen-bond acceptors (Lipinski definition) is 3. The Morgan fingerprint density at radius 3 is 2.75 bits per heavy atom. The first-order chi connectivity index (χ1) is 9.75. The molecule has 0 N–H and O–H groups in total. The Morgan fingerprint density at radius 1 is 1.25 bits per heavy atom. The smallest absolute Gasteiger partial charge is 0.242 e. The second-order valence-electron chi connectivity index (χ2n) is 5.44. The van der Waals surface area contributed by atoms with E-state index in [4.69, 9.17) is 0 Å². The number of nitrogens with zero attached hydrogens (tertiary/aromatic N) is 3. The van der Waals surface area contributed by atoms with Crippen LogP contribution in [0.15, 0.2) is 24.5 Å². The minimum absolute atomic E-state index is 0.0690. The Hall–Kier alpha value is -1.91. The number of aromatic nitrogens is 1. The van der Waals surface area contributed by atoms with Gasteiger partial charge < -0.3 is 9.80 Å². The third kappa shape index (κ3) is 2.53. The lowest BCUT2D eigenvalue weighted by Gasteiger charge is -2.27. The number of likely N-dealkylation sites (tertiary alicyclic amines) is 2. The van der Waals surface area contributed by atoms with E-state index in [-0.39, 0.29) is 24.4 Å². The molecule has 0 saturated carbocycles. The van der Waals surface area contributed by atoms with Crippen molar-refractivity contribution in [2.24, 2.45) is 0 Å². The molecule has 0 aliphatic carbocycles. The molecule has 0 bridgehead atoms. The molecule has 2 fully saturated rings. The second-order valence-corrected chi connectivity index (χ2v) is 5.44. The largest absolute Gasteiger partial charge is 0.334 e. The highest BCUT2D eigenvalue weighted by Gasteiger charge is 2.32. The summed E-state index contributed by atoms with van der Waals surface area (Å²) >= 11 is 0. The van der Waals surface area contributed by atoms with E-state index in [9.17, 15) is 9.59 Å². The van der Waals surface area contributed by atoms with Gasteiger partial charge in [0.05, 0.1) is 12.6 Å². The second kappa shape index (κ2) is 5.61. The zero-order chi connectivity index (χ0) is 13.9. The molecule has 1 atom stereocenters. The first-order valence-electron chi connectivity index (χ1n) is 7.23. The quantitative estimate of drug-likeness (QED) is 0.835. The Labute approximate surface area is 118 Å². The van der Waals surface area contributed by atoms with Crippen LogP contribution in [0.5, 0.6) is 0 Å². The van der Waals surface area contributed by atoms with Crippen LogP contribution in [0.3, 0.4) is 0 Å². The molecular formula is C15H19N3O2.